The second-order valence-corrected chi connectivity index (χ2v) is 9.78. The van der Waals surface area contributed by atoms with Crippen LogP contribution in [0.2, 0.25) is 0 Å². The minimum atomic E-state index is -4.69. The third-order valence-electron chi connectivity index (χ3n) is 5.21. The van der Waals surface area contributed by atoms with Gasteiger partial charge in [-0.1, -0.05) is 4.49 Å². The fraction of sp³-hybridized carbons (Fsp3) is 0.409. The van der Waals surface area contributed by atoms with Crippen molar-refractivity contribution >= 4 is 29.2 Å². The van der Waals surface area contributed by atoms with E-state index in [1.54, 1.807) is 52.0 Å². The lowest BCUT2D eigenvalue weighted by molar-refractivity contribution is -0.142. The van der Waals surface area contributed by atoms with Crippen molar-refractivity contribution in [2.75, 3.05) is 11.9 Å². The van der Waals surface area contributed by atoms with Crippen LogP contribution in [0.3, 0.4) is 0 Å². The molecular formula is C22H23F3N6O3S. The lowest BCUT2D eigenvalue weighted by atomic mass is 10.0. The van der Waals surface area contributed by atoms with Crippen LogP contribution < -0.4 is 5.32 Å². The second kappa shape index (κ2) is 8.95. The molecule has 3 aromatic rings. The summed E-state index contributed by atoms with van der Waals surface area (Å²) in [7, 11) is 0. The van der Waals surface area contributed by atoms with Gasteiger partial charge in [-0.25, -0.2) is 9.48 Å². The van der Waals surface area contributed by atoms with Crippen LogP contribution in [0.25, 0.3) is 5.69 Å². The van der Waals surface area contributed by atoms with E-state index in [0.717, 1.165) is 11.5 Å². The summed E-state index contributed by atoms with van der Waals surface area (Å²) >= 11 is 0.972. The summed E-state index contributed by atoms with van der Waals surface area (Å²) < 4.78 is 51.7. The third-order valence-corrected chi connectivity index (χ3v) is 6.03. The Morgan fingerprint density at radius 2 is 1.83 bits per heavy atom. The Bertz CT molecular complexity index is 1260. The number of hydrogen-bond acceptors (Lipinski definition) is 7. The van der Waals surface area contributed by atoms with E-state index in [9.17, 15) is 22.8 Å². The molecule has 3 heterocycles. The highest BCUT2D eigenvalue weighted by atomic mass is 32.1. The van der Waals surface area contributed by atoms with E-state index in [1.165, 1.54) is 9.58 Å². The molecule has 35 heavy (non-hydrogen) atoms. The highest BCUT2D eigenvalue weighted by molar-refractivity contribution is 7.08. The predicted molar refractivity (Wildman–Crippen MR) is 122 cm³/mol. The molecule has 2 aromatic heterocycles. The number of aryl methyl sites for hydroxylation is 1. The smallest absolute Gasteiger partial charge is 0.435 e. The van der Waals surface area contributed by atoms with Crippen molar-refractivity contribution in [3.8, 4) is 5.69 Å². The van der Waals surface area contributed by atoms with Crippen LogP contribution in [0.15, 0.2) is 24.3 Å². The summed E-state index contributed by atoms with van der Waals surface area (Å²) in [4.78, 5) is 26.4. The van der Waals surface area contributed by atoms with Crippen LogP contribution in [0.4, 0.5) is 23.7 Å². The van der Waals surface area contributed by atoms with Crippen molar-refractivity contribution in [3.05, 3.63) is 51.8 Å². The number of anilines is 1. The number of fused-ring (bicyclic) bond motifs is 1. The lowest BCUT2D eigenvalue weighted by Crippen LogP contribution is -2.40. The molecule has 186 valence electrons. The molecule has 0 fully saturated rings. The molecule has 4 rings (SSSR count). The average molecular weight is 509 g/mol. The van der Waals surface area contributed by atoms with Gasteiger partial charge in [0.25, 0.3) is 5.91 Å². The van der Waals surface area contributed by atoms with Crippen molar-refractivity contribution in [3.63, 3.8) is 0 Å². The zero-order valence-corrected chi connectivity index (χ0v) is 20.3. The van der Waals surface area contributed by atoms with E-state index in [0.29, 0.717) is 27.6 Å². The van der Waals surface area contributed by atoms with Gasteiger partial charge in [-0.3, -0.25) is 4.79 Å². The number of carbonyl (C=O) groups is 2. The Labute approximate surface area is 203 Å². The molecule has 0 atom stereocenters. The molecule has 2 amide bonds. The van der Waals surface area contributed by atoms with Crippen molar-refractivity contribution in [2.24, 2.45) is 0 Å². The summed E-state index contributed by atoms with van der Waals surface area (Å²) in [5.74, 6) is -0.372. The number of amides is 2. The predicted octanol–water partition coefficient (Wildman–Crippen LogP) is 4.60. The molecule has 0 unspecified atom stereocenters. The van der Waals surface area contributed by atoms with Gasteiger partial charge in [0.2, 0.25) is 0 Å². The maximum Gasteiger partial charge on any atom is 0.435 e. The molecule has 1 aliphatic heterocycles. The molecule has 9 nitrogen and oxygen atoms in total. The van der Waals surface area contributed by atoms with Gasteiger partial charge in [-0.15, -0.1) is 5.10 Å². The first-order valence-electron chi connectivity index (χ1n) is 10.7. The number of rotatable bonds is 3. The van der Waals surface area contributed by atoms with E-state index >= 15 is 0 Å². The maximum atomic E-state index is 13.8. The summed E-state index contributed by atoms with van der Waals surface area (Å²) in [5, 5.41) is 10.4. The van der Waals surface area contributed by atoms with Crippen molar-refractivity contribution in [1.29, 1.82) is 0 Å². The molecule has 1 N–H and O–H groups in total. The molecule has 1 aliphatic rings. The molecule has 0 saturated carbocycles. The third kappa shape index (κ3) is 5.29. The fourth-order valence-electron chi connectivity index (χ4n) is 3.66. The Balaban J connectivity index is 1.60. The first kappa shape index (κ1) is 24.6. The van der Waals surface area contributed by atoms with Gasteiger partial charge in [0.05, 0.1) is 23.6 Å². The van der Waals surface area contributed by atoms with Gasteiger partial charge in [-0.05, 0) is 63.5 Å². The van der Waals surface area contributed by atoms with Crippen LogP contribution >= 0.6 is 11.5 Å². The number of hydrogen-bond donors (Lipinski definition) is 1. The number of benzene rings is 1. The van der Waals surface area contributed by atoms with Crippen LogP contribution in [-0.2, 0) is 23.9 Å². The zero-order chi connectivity index (χ0) is 25.5. The van der Waals surface area contributed by atoms with E-state index < -0.39 is 23.6 Å². The fourth-order valence-corrected chi connectivity index (χ4v) is 4.21. The number of halogens is 3. The number of nitrogens with one attached hydrogen (secondary N) is 1. The Hall–Kier alpha value is -3.48. The van der Waals surface area contributed by atoms with Crippen molar-refractivity contribution in [1.82, 2.24) is 24.3 Å². The SMILES string of the molecule is Cc1nnsc1C(=O)Nc1ccc(-n2nc(C(F)(F)F)c3c2CCN(C(=O)OC(C)(C)C)C3)cc1. The number of nitrogens with zero attached hydrogens (tertiary/aromatic N) is 5. The van der Waals surface area contributed by atoms with Gasteiger partial charge in [0, 0.05) is 24.2 Å². The van der Waals surface area contributed by atoms with Gasteiger partial charge < -0.3 is 15.0 Å². The maximum absolute atomic E-state index is 13.8. The standard InChI is InChI=1S/C22H23F3N6O3S/c1-12-17(35-29-27-12)19(32)26-13-5-7-14(8-6-13)31-16-9-10-30(20(33)34-21(2,3)4)11-15(16)18(28-31)22(23,24)25/h5-8H,9-11H2,1-4H3,(H,26,32). The summed E-state index contributed by atoms with van der Waals surface area (Å²) in [6, 6.07) is 6.30. The van der Waals surface area contributed by atoms with Crippen LogP contribution in [0, 0.1) is 6.92 Å². The molecular weight excluding hydrogens is 485 g/mol. The minimum Gasteiger partial charge on any atom is -0.444 e. The highest BCUT2D eigenvalue weighted by Gasteiger charge is 2.42. The van der Waals surface area contributed by atoms with Crippen LogP contribution in [-0.4, -0.2) is 48.4 Å². The van der Waals surface area contributed by atoms with Crippen molar-refractivity contribution < 1.29 is 27.5 Å². The highest BCUT2D eigenvalue weighted by Crippen LogP contribution is 2.36. The summed E-state index contributed by atoms with van der Waals surface area (Å²) in [5.41, 5.74) is -0.115. The normalized spacial score (nSPS) is 14.0. The lowest BCUT2D eigenvalue weighted by Gasteiger charge is -2.30. The summed E-state index contributed by atoms with van der Waals surface area (Å²) in [6.07, 6.45) is -5.19. The number of aromatic nitrogens is 4. The monoisotopic (exact) mass is 508 g/mol. The van der Waals surface area contributed by atoms with E-state index in [-0.39, 0.29) is 31.0 Å². The largest absolute Gasteiger partial charge is 0.444 e. The van der Waals surface area contributed by atoms with Gasteiger partial charge in [-0.2, -0.15) is 18.3 Å². The average Bonchev–Trinajstić information content (AvgIpc) is 3.36. The van der Waals surface area contributed by atoms with Gasteiger partial charge in [0.15, 0.2) is 5.69 Å². The minimum absolute atomic E-state index is 0.0554. The molecule has 0 saturated heterocycles. The first-order chi connectivity index (χ1) is 16.3. The van der Waals surface area contributed by atoms with E-state index in [1.807, 2.05) is 0 Å². The Morgan fingerprint density at radius 1 is 1.14 bits per heavy atom. The summed E-state index contributed by atoms with van der Waals surface area (Å²) in [6.45, 7) is 6.70. The van der Waals surface area contributed by atoms with E-state index in [2.05, 4.69) is 20.0 Å². The first-order valence-corrected chi connectivity index (χ1v) is 11.5. The van der Waals surface area contributed by atoms with Crippen LogP contribution in [0.1, 0.15) is 53.1 Å². The van der Waals surface area contributed by atoms with Gasteiger partial charge in [0.1, 0.15) is 10.5 Å². The quantitative estimate of drug-likeness (QED) is 0.555. The molecule has 0 bridgehead atoms. The topological polar surface area (TPSA) is 102 Å². The second-order valence-electron chi connectivity index (χ2n) is 9.02. The molecule has 0 radical (unpaired) electrons. The van der Waals surface area contributed by atoms with E-state index in [4.69, 9.17) is 4.74 Å². The number of ether oxygens (including phenoxy) is 1. The number of alkyl halides is 3. The zero-order valence-electron chi connectivity index (χ0n) is 19.4. The molecule has 0 aliphatic carbocycles. The molecule has 1 aromatic carbocycles. The molecule has 13 heteroatoms. The Morgan fingerprint density at radius 3 is 2.40 bits per heavy atom. The number of carbonyl (C=O) groups excluding carboxylic acids is 2. The van der Waals surface area contributed by atoms with Gasteiger partial charge >= 0.3 is 12.3 Å². The Kier molecular flexibility index (Phi) is 6.30. The van der Waals surface area contributed by atoms with Crippen LogP contribution in [0.5, 0.6) is 0 Å². The molecule has 0 spiro atoms. The van der Waals surface area contributed by atoms with Crippen molar-refractivity contribution in [2.45, 2.75) is 52.4 Å².